The largest absolute Gasteiger partial charge is 0.378 e. The van der Waals surface area contributed by atoms with Crippen molar-refractivity contribution in [3.63, 3.8) is 0 Å². The third-order valence-corrected chi connectivity index (χ3v) is 11.5. The first-order valence-corrected chi connectivity index (χ1v) is 17.1. The Bertz CT molecular complexity index is 1780. The van der Waals surface area contributed by atoms with E-state index in [1.165, 1.54) is 17.8 Å². The number of hydrogen-bond acceptors (Lipinski definition) is 7. The molecule has 0 bridgehead atoms. The Kier molecular flexibility index (Phi) is 8.58. The molecule has 0 aliphatic carbocycles. The van der Waals surface area contributed by atoms with Crippen molar-refractivity contribution in [1.29, 1.82) is 0 Å². The van der Waals surface area contributed by atoms with Crippen LogP contribution in [0.3, 0.4) is 0 Å². The molecule has 5 heterocycles. The fraction of sp³-hybridized carbons (Fsp3) is 0.485. The minimum atomic E-state index is -1.29. The van der Waals surface area contributed by atoms with Gasteiger partial charge in [-0.05, 0) is 63.4 Å². The van der Waals surface area contributed by atoms with Crippen LogP contribution in [0.1, 0.15) is 32.2 Å². The molecule has 2 unspecified atom stereocenters. The van der Waals surface area contributed by atoms with E-state index in [9.17, 15) is 18.4 Å². The molecule has 3 saturated heterocycles. The summed E-state index contributed by atoms with van der Waals surface area (Å²) in [6, 6.07) is 3.16. The molecule has 4 aliphatic rings. The quantitative estimate of drug-likeness (QED) is 0.253. The highest BCUT2D eigenvalue weighted by molar-refractivity contribution is 7.99. The minimum absolute atomic E-state index is 0.145. The van der Waals surface area contributed by atoms with Crippen molar-refractivity contribution in [2.75, 3.05) is 56.6 Å². The van der Waals surface area contributed by atoms with Crippen LogP contribution in [0.2, 0.25) is 5.02 Å². The van der Waals surface area contributed by atoms with Gasteiger partial charge in [0.1, 0.15) is 11.6 Å². The van der Waals surface area contributed by atoms with E-state index in [1.54, 1.807) is 15.5 Å². The molecule has 244 valence electrons. The number of ether oxygens (including phenoxy) is 1. The zero-order valence-corrected chi connectivity index (χ0v) is 27.1. The summed E-state index contributed by atoms with van der Waals surface area (Å²) in [5, 5.41) is 0.769. The highest BCUT2D eigenvalue weighted by Crippen LogP contribution is 2.49. The van der Waals surface area contributed by atoms with Crippen LogP contribution in [0.25, 0.3) is 22.0 Å². The van der Waals surface area contributed by atoms with Gasteiger partial charge in [-0.25, -0.2) is 18.0 Å². The first-order valence-electron chi connectivity index (χ1n) is 15.7. The Morgan fingerprint density at radius 1 is 1.11 bits per heavy atom. The van der Waals surface area contributed by atoms with Crippen molar-refractivity contribution in [3.05, 3.63) is 63.8 Å². The third kappa shape index (κ3) is 5.50. The lowest BCUT2D eigenvalue weighted by Crippen LogP contribution is -2.54. The van der Waals surface area contributed by atoms with Gasteiger partial charge in [-0.1, -0.05) is 18.2 Å². The van der Waals surface area contributed by atoms with E-state index in [2.05, 4.69) is 16.5 Å². The number of thioether (sulfide) groups is 1. The van der Waals surface area contributed by atoms with Gasteiger partial charge < -0.3 is 14.5 Å². The molecule has 3 aromatic rings. The standard InChI is InChI=1S/C33H35ClF3N5O3S/c1-3-28(43)40-8-9-41(18(2)14-40)32-23-11-24(34)29(22-12-26(36)27(37)13-25(22)35)31-30(23)42(33(44)38-32)20(17-46-31)10-19-4-6-39(7-5-19)21-15-45-16-21/h3,11-13,18-21H,1,4-10,14-17H2,2H3. The molecule has 2 atom stereocenters. The van der Waals surface area contributed by atoms with Crippen LogP contribution in [0.15, 0.2) is 40.5 Å². The van der Waals surface area contributed by atoms with Crippen LogP contribution in [-0.2, 0) is 9.53 Å². The van der Waals surface area contributed by atoms with Crippen LogP contribution >= 0.6 is 23.4 Å². The number of likely N-dealkylation sites (tertiary alicyclic amines) is 1. The summed E-state index contributed by atoms with van der Waals surface area (Å²) >= 11 is 8.33. The van der Waals surface area contributed by atoms with Gasteiger partial charge in [0.2, 0.25) is 5.91 Å². The molecule has 4 aliphatic heterocycles. The topological polar surface area (TPSA) is 70.9 Å². The molecule has 1 amide bonds. The van der Waals surface area contributed by atoms with Crippen LogP contribution in [-0.4, -0.2) is 89.0 Å². The maximum atomic E-state index is 15.3. The fourth-order valence-electron chi connectivity index (χ4n) is 7.39. The van der Waals surface area contributed by atoms with Crippen molar-refractivity contribution in [2.24, 2.45) is 5.92 Å². The number of amides is 1. The molecular formula is C33H35ClF3N5O3S. The van der Waals surface area contributed by atoms with Crippen LogP contribution < -0.4 is 10.6 Å². The van der Waals surface area contributed by atoms with Crippen LogP contribution in [0.5, 0.6) is 0 Å². The van der Waals surface area contributed by atoms with Gasteiger partial charge in [0.15, 0.2) is 11.6 Å². The Labute approximate surface area is 274 Å². The molecule has 0 spiro atoms. The second-order valence-corrected chi connectivity index (χ2v) is 14.1. The number of piperazine rings is 1. The lowest BCUT2D eigenvalue weighted by molar-refractivity contribution is -0.126. The molecule has 3 fully saturated rings. The summed E-state index contributed by atoms with van der Waals surface area (Å²) in [6.45, 7) is 10.4. The smallest absolute Gasteiger partial charge is 0.350 e. The maximum Gasteiger partial charge on any atom is 0.350 e. The number of benzene rings is 2. The van der Waals surface area contributed by atoms with Gasteiger partial charge in [0.05, 0.1) is 29.8 Å². The molecule has 46 heavy (non-hydrogen) atoms. The maximum absolute atomic E-state index is 15.3. The van der Waals surface area contributed by atoms with Crippen molar-refractivity contribution in [2.45, 2.75) is 49.2 Å². The summed E-state index contributed by atoms with van der Waals surface area (Å²) in [6.07, 6.45) is 4.11. The summed E-state index contributed by atoms with van der Waals surface area (Å²) in [5.74, 6) is -2.21. The molecule has 0 N–H and O–H groups in total. The second-order valence-electron chi connectivity index (χ2n) is 12.7. The second kappa shape index (κ2) is 12.5. The van der Waals surface area contributed by atoms with Crippen molar-refractivity contribution in [1.82, 2.24) is 19.4 Å². The van der Waals surface area contributed by atoms with Crippen molar-refractivity contribution >= 4 is 46.0 Å². The number of nitrogens with zero attached hydrogens (tertiary/aromatic N) is 5. The van der Waals surface area contributed by atoms with E-state index in [0.717, 1.165) is 51.6 Å². The average Bonchev–Trinajstić information content (AvgIpc) is 3.01. The highest BCUT2D eigenvalue weighted by atomic mass is 35.5. The number of carbonyl (C=O) groups is 1. The SMILES string of the molecule is C=CC(=O)N1CCN(c2nc(=O)n3c4c(c(-c5cc(F)c(F)cc5F)c(Cl)cc24)SCC3CC2CCN(C3COC3)CC2)C(C)C1. The normalized spacial score (nSPS) is 22.7. The Balaban J connectivity index is 1.32. The molecule has 2 aromatic carbocycles. The summed E-state index contributed by atoms with van der Waals surface area (Å²) in [4.78, 5) is 37.8. The fourth-order valence-corrected chi connectivity index (χ4v) is 9.11. The van der Waals surface area contributed by atoms with Crippen LogP contribution in [0.4, 0.5) is 19.0 Å². The Hall–Kier alpha value is -3.06. The van der Waals surface area contributed by atoms with Crippen molar-refractivity contribution < 1.29 is 22.7 Å². The van der Waals surface area contributed by atoms with E-state index >= 15 is 4.39 Å². The zero-order valence-electron chi connectivity index (χ0n) is 25.5. The number of halogens is 4. The van der Waals surface area contributed by atoms with E-state index in [4.69, 9.17) is 16.3 Å². The van der Waals surface area contributed by atoms with Gasteiger partial charge >= 0.3 is 5.69 Å². The molecule has 0 radical (unpaired) electrons. The van der Waals surface area contributed by atoms with Gasteiger partial charge in [0, 0.05) is 64.9 Å². The molecule has 7 rings (SSSR count). The van der Waals surface area contributed by atoms with Crippen molar-refractivity contribution in [3.8, 4) is 11.1 Å². The lowest BCUT2D eigenvalue weighted by atomic mass is 9.89. The molecule has 13 heteroatoms. The first kappa shape index (κ1) is 31.5. The zero-order chi connectivity index (χ0) is 32.3. The molecule has 0 saturated carbocycles. The number of aromatic nitrogens is 2. The first-order chi connectivity index (χ1) is 22.1. The number of hydrogen-bond donors (Lipinski definition) is 0. The van der Waals surface area contributed by atoms with Gasteiger partial charge in [-0.3, -0.25) is 14.3 Å². The molecule has 8 nitrogen and oxygen atoms in total. The van der Waals surface area contributed by atoms with Gasteiger partial charge in [-0.15, -0.1) is 11.8 Å². The number of rotatable bonds is 6. The Morgan fingerprint density at radius 2 is 1.85 bits per heavy atom. The highest BCUT2D eigenvalue weighted by Gasteiger charge is 2.36. The van der Waals surface area contributed by atoms with Gasteiger partial charge in [0.25, 0.3) is 0 Å². The van der Waals surface area contributed by atoms with E-state index in [1.807, 2.05) is 11.8 Å². The van der Waals surface area contributed by atoms with Crippen LogP contribution in [0, 0.1) is 23.4 Å². The van der Waals surface area contributed by atoms with E-state index in [-0.39, 0.29) is 34.1 Å². The molecular weight excluding hydrogens is 639 g/mol. The monoisotopic (exact) mass is 673 g/mol. The predicted octanol–water partition coefficient (Wildman–Crippen LogP) is 5.51. The number of anilines is 1. The average molecular weight is 674 g/mol. The van der Waals surface area contributed by atoms with E-state index < -0.39 is 23.1 Å². The lowest BCUT2D eigenvalue weighted by Gasteiger charge is -2.42. The molecule has 1 aromatic heterocycles. The summed E-state index contributed by atoms with van der Waals surface area (Å²) in [7, 11) is 0. The summed E-state index contributed by atoms with van der Waals surface area (Å²) < 4.78 is 50.8. The number of carbonyl (C=O) groups excluding carboxylic acids is 1. The predicted molar refractivity (Wildman–Crippen MR) is 173 cm³/mol. The number of piperidine rings is 1. The summed E-state index contributed by atoms with van der Waals surface area (Å²) in [5.41, 5.74) is 0.209. The van der Waals surface area contributed by atoms with E-state index in [0.29, 0.717) is 65.0 Å². The third-order valence-electron chi connectivity index (χ3n) is 9.94. The minimum Gasteiger partial charge on any atom is -0.378 e. The van der Waals surface area contributed by atoms with Gasteiger partial charge in [-0.2, -0.15) is 4.98 Å². The Morgan fingerprint density at radius 3 is 2.52 bits per heavy atom.